The van der Waals surface area contributed by atoms with E-state index in [1.54, 1.807) is 17.8 Å². The zero-order valence-electron chi connectivity index (χ0n) is 11.0. The molecule has 19 heavy (non-hydrogen) atoms. The van der Waals surface area contributed by atoms with Crippen LogP contribution in [0.15, 0.2) is 23.1 Å². The fraction of sp³-hybridized carbons (Fsp3) is 0.600. The van der Waals surface area contributed by atoms with Crippen LogP contribution in [-0.2, 0) is 4.74 Å². The van der Waals surface area contributed by atoms with Crippen LogP contribution >= 0.6 is 11.8 Å². The Labute approximate surface area is 117 Å². The fourth-order valence-corrected chi connectivity index (χ4v) is 4.67. The number of ether oxygens (including phenoxy) is 1. The number of anilines is 1. The van der Waals surface area contributed by atoms with Gasteiger partial charge in [-0.05, 0) is 43.9 Å². The third kappa shape index (κ3) is 3.06. The standard InChI is InChI=1S/C15H20FNOS/c16-11-7-12(17)9-14(8-11)19-13-3-6-18-15(10-13)4-1-2-5-15/h7-9,13H,1-6,10,17H2. The van der Waals surface area contributed by atoms with Gasteiger partial charge in [0.15, 0.2) is 0 Å². The number of thioether (sulfide) groups is 1. The van der Waals surface area contributed by atoms with Gasteiger partial charge in [0.2, 0.25) is 0 Å². The minimum Gasteiger partial charge on any atom is -0.399 e. The smallest absolute Gasteiger partial charge is 0.126 e. The molecule has 1 spiro atoms. The number of hydrogen-bond acceptors (Lipinski definition) is 3. The molecule has 1 aliphatic carbocycles. The molecule has 1 aromatic carbocycles. The number of nitrogens with two attached hydrogens (primary N) is 1. The second-order valence-corrected chi connectivity index (χ2v) is 7.07. The summed E-state index contributed by atoms with van der Waals surface area (Å²) in [6.45, 7) is 0.836. The molecule has 1 heterocycles. The van der Waals surface area contributed by atoms with Gasteiger partial charge in [0, 0.05) is 22.4 Å². The highest BCUT2D eigenvalue weighted by molar-refractivity contribution is 8.00. The van der Waals surface area contributed by atoms with Gasteiger partial charge >= 0.3 is 0 Å². The zero-order valence-corrected chi connectivity index (χ0v) is 11.8. The lowest BCUT2D eigenvalue weighted by atomic mass is 9.92. The lowest BCUT2D eigenvalue weighted by Crippen LogP contribution is -2.38. The Kier molecular flexibility index (Phi) is 3.72. The molecule has 3 rings (SSSR count). The van der Waals surface area contributed by atoms with Gasteiger partial charge in [-0.25, -0.2) is 4.39 Å². The highest BCUT2D eigenvalue weighted by Crippen LogP contribution is 2.44. The van der Waals surface area contributed by atoms with E-state index in [9.17, 15) is 4.39 Å². The maximum atomic E-state index is 13.4. The van der Waals surface area contributed by atoms with Gasteiger partial charge in [-0.15, -0.1) is 11.8 Å². The molecule has 0 aromatic heterocycles. The van der Waals surface area contributed by atoms with E-state index in [2.05, 4.69) is 0 Å². The number of rotatable bonds is 2. The maximum absolute atomic E-state index is 13.4. The van der Waals surface area contributed by atoms with E-state index in [-0.39, 0.29) is 11.4 Å². The van der Waals surface area contributed by atoms with Crippen molar-refractivity contribution in [3.05, 3.63) is 24.0 Å². The molecule has 1 aliphatic heterocycles. The number of halogens is 1. The van der Waals surface area contributed by atoms with Crippen LogP contribution in [0.25, 0.3) is 0 Å². The van der Waals surface area contributed by atoms with Crippen LogP contribution in [0.3, 0.4) is 0 Å². The number of hydrogen-bond donors (Lipinski definition) is 1. The van der Waals surface area contributed by atoms with Crippen LogP contribution in [0, 0.1) is 5.82 Å². The summed E-state index contributed by atoms with van der Waals surface area (Å²) in [6.07, 6.45) is 7.08. The minimum absolute atomic E-state index is 0.120. The molecule has 2 nitrogen and oxygen atoms in total. The third-order valence-electron chi connectivity index (χ3n) is 4.16. The van der Waals surface area contributed by atoms with Crippen molar-refractivity contribution in [3.8, 4) is 0 Å². The topological polar surface area (TPSA) is 35.2 Å². The van der Waals surface area contributed by atoms with E-state index in [1.165, 1.54) is 31.7 Å². The van der Waals surface area contributed by atoms with Crippen LogP contribution in [-0.4, -0.2) is 17.5 Å². The number of nitrogen functional groups attached to an aromatic ring is 1. The van der Waals surface area contributed by atoms with E-state index >= 15 is 0 Å². The Balaban J connectivity index is 1.69. The Morgan fingerprint density at radius 1 is 1.26 bits per heavy atom. The molecule has 4 heteroatoms. The molecular formula is C15H20FNOS. The second-order valence-electron chi connectivity index (χ2n) is 5.69. The fourth-order valence-electron chi connectivity index (χ4n) is 3.30. The van der Waals surface area contributed by atoms with Crippen molar-refractivity contribution in [2.24, 2.45) is 0 Å². The van der Waals surface area contributed by atoms with Crippen LogP contribution in [0.2, 0.25) is 0 Å². The SMILES string of the molecule is Nc1cc(F)cc(SC2CCOC3(CCCC3)C2)c1. The van der Waals surface area contributed by atoms with E-state index in [1.807, 2.05) is 6.07 Å². The Hall–Kier alpha value is -0.740. The first-order chi connectivity index (χ1) is 9.15. The average molecular weight is 281 g/mol. The molecule has 2 fully saturated rings. The van der Waals surface area contributed by atoms with Crippen LogP contribution in [0.5, 0.6) is 0 Å². The lowest BCUT2D eigenvalue weighted by Gasteiger charge is -2.38. The molecule has 0 radical (unpaired) electrons. The summed E-state index contributed by atoms with van der Waals surface area (Å²) >= 11 is 1.75. The molecule has 104 valence electrons. The van der Waals surface area contributed by atoms with E-state index < -0.39 is 0 Å². The van der Waals surface area contributed by atoms with Crippen molar-refractivity contribution < 1.29 is 9.13 Å². The summed E-state index contributed by atoms with van der Waals surface area (Å²) in [5.41, 5.74) is 6.33. The predicted molar refractivity (Wildman–Crippen MR) is 76.8 cm³/mol. The normalized spacial score (nSPS) is 25.8. The Morgan fingerprint density at radius 2 is 2.05 bits per heavy atom. The highest BCUT2D eigenvalue weighted by Gasteiger charge is 2.40. The van der Waals surface area contributed by atoms with Gasteiger partial charge in [0.25, 0.3) is 0 Å². The Morgan fingerprint density at radius 3 is 2.79 bits per heavy atom. The first-order valence-electron chi connectivity index (χ1n) is 7.02. The quantitative estimate of drug-likeness (QED) is 0.832. The molecule has 1 saturated carbocycles. The van der Waals surface area contributed by atoms with Crippen molar-refractivity contribution in [1.29, 1.82) is 0 Å². The van der Waals surface area contributed by atoms with Crippen LogP contribution < -0.4 is 5.73 Å². The van der Waals surface area contributed by atoms with E-state index in [4.69, 9.17) is 10.5 Å². The van der Waals surface area contributed by atoms with Gasteiger partial charge in [-0.2, -0.15) is 0 Å². The van der Waals surface area contributed by atoms with Crippen LogP contribution in [0.1, 0.15) is 38.5 Å². The molecule has 2 N–H and O–H groups in total. The first kappa shape index (κ1) is 13.3. The minimum atomic E-state index is -0.245. The van der Waals surface area contributed by atoms with Crippen molar-refractivity contribution in [2.45, 2.75) is 54.3 Å². The monoisotopic (exact) mass is 281 g/mol. The lowest BCUT2D eigenvalue weighted by molar-refractivity contribution is -0.0703. The van der Waals surface area contributed by atoms with E-state index in [0.717, 1.165) is 24.3 Å². The molecule has 1 aromatic rings. The Bertz CT molecular complexity index is 439. The summed E-state index contributed by atoms with van der Waals surface area (Å²) in [5, 5.41) is 0.521. The molecule has 2 aliphatic rings. The molecule has 1 atom stereocenters. The summed E-state index contributed by atoms with van der Waals surface area (Å²) in [5.74, 6) is -0.245. The van der Waals surface area contributed by atoms with Crippen molar-refractivity contribution in [1.82, 2.24) is 0 Å². The van der Waals surface area contributed by atoms with Crippen molar-refractivity contribution in [3.63, 3.8) is 0 Å². The van der Waals surface area contributed by atoms with Gasteiger partial charge in [0.05, 0.1) is 5.60 Å². The van der Waals surface area contributed by atoms with E-state index in [0.29, 0.717) is 10.9 Å². The maximum Gasteiger partial charge on any atom is 0.126 e. The largest absolute Gasteiger partial charge is 0.399 e. The van der Waals surface area contributed by atoms with Gasteiger partial charge in [-0.3, -0.25) is 0 Å². The van der Waals surface area contributed by atoms with Gasteiger partial charge in [-0.1, -0.05) is 12.8 Å². The average Bonchev–Trinajstić information content (AvgIpc) is 2.76. The summed E-state index contributed by atoms with van der Waals surface area (Å²) in [4.78, 5) is 0.942. The van der Waals surface area contributed by atoms with Gasteiger partial charge in [0.1, 0.15) is 5.82 Å². The van der Waals surface area contributed by atoms with Crippen LogP contribution in [0.4, 0.5) is 10.1 Å². The summed E-state index contributed by atoms with van der Waals surface area (Å²) < 4.78 is 19.4. The summed E-state index contributed by atoms with van der Waals surface area (Å²) in [6, 6.07) is 4.81. The summed E-state index contributed by atoms with van der Waals surface area (Å²) in [7, 11) is 0. The number of benzene rings is 1. The predicted octanol–water partition coefficient (Wildman–Crippen LogP) is 3.99. The van der Waals surface area contributed by atoms with Crippen molar-refractivity contribution >= 4 is 17.4 Å². The second kappa shape index (κ2) is 5.33. The molecule has 0 amide bonds. The molecule has 1 unspecified atom stereocenters. The van der Waals surface area contributed by atoms with Crippen molar-refractivity contribution in [2.75, 3.05) is 12.3 Å². The molecular weight excluding hydrogens is 261 g/mol. The first-order valence-corrected chi connectivity index (χ1v) is 7.90. The molecule has 0 bridgehead atoms. The molecule has 1 saturated heterocycles. The van der Waals surface area contributed by atoms with Gasteiger partial charge < -0.3 is 10.5 Å². The highest BCUT2D eigenvalue weighted by atomic mass is 32.2. The zero-order chi connectivity index (χ0) is 13.3. The third-order valence-corrected chi connectivity index (χ3v) is 5.40.